The lowest BCUT2D eigenvalue weighted by molar-refractivity contribution is 0.143. The fourth-order valence-corrected chi connectivity index (χ4v) is 4.31. The highest BCUT2D eigenvalue weighted by molar-refractivity contribution is 6.08. The minimum Gasteiger partial charge on any atom is -0.310 e. The van der Waals surface area contributed by atoms with Gasteiger partial charge in [-0.1, -0.05) is 6.07 Å². The van der Waals surface area contributed by atoms with Gasteiger partial charge in [0.1, 0.15) is 0 Å². The Kier molecular flexibility index (Phi) is 1.94. The highest BCUT2D eigenvalue weighted by Gasteiger charge is 2.72. The minimum atomic E-state index is -1.02. The lowest BCUT2D eigenvalue weighted by Gasteiger charge is -2.48. The van der Waals surface area contributed by atoms with Crippen LogP contribution in [0.1, 0.15) is 24.1 Å². The molecule has 0 saturated carbocycles. The molecule has 1 atom stereocenters. The largest absolute Gasteiger partial charge is 0.318 e. The van der Waals surface area contributed by atoms with Crippen LogP contribution in [0.4, 0.5) is 9.59 Å². The lowest BCUT2D eigenvalue weighted by Crippen LogP contribution is -2.71. The van der Waals surface area contributed by atoms with Crippen molar-refractivity contribution in [1.82, 2.24) is 26.3 Å². The Labute approximate surface area is 125 Å². The Morgan fingerprint density at radius 1 is 1.14 bits per heavy atom. The first-order valence-corrected chi connectivity index (χ1v) is 7.37. The Bertz CT molecular complexity index is 737. The SMILES string of the molecule is O=C1NC23NC(=O)NC2(N1)C1CCCN=C1c1ncccc13. The molecular formula is C14H14N6O2. The molecule has 22 heavy (non-hydrogen) atoms. The van der Waals surface area contributed by atoms with E-state index in [1.807, 2.05) is 6.07 Å². The van der Waals surface area contributed by atoms with Gasteiger partial charge in [0.05, 0.1) is 11.4 Å². The third-order valence-electron chi connectivity index (χ3n) is 5.06. The van der Waals surface area contributed by atoms with E-state index in [-0.39, 0.29) is 18.0 Å². The molecule has 1 aromatic rings. The number of carbonyl (C=O) groups excluding carboxylic acids is 2. The summed E-state index contributed by atoms with van der Waals surface area (Å²) in [6.45, 7) is 0.744. The molecule has 1 aliphatic carbocycles. The number of hydrogen-bond donors (Lipinski definition) is 4. The molecule has 1 unspecified atom stereocenters. The van der Waals surface area contributed by atoms with E-state index in [9.17, 15) is 9.59 Å². The van der Waals surface area contributed by atoms with E-state index in [0.29, 0.717) is 0 Å². The van der Waals surface area contributed by atoms with E-state index in [2.05, 4.69) is 31.2 Å². The summed E-state index contributed by atoms with van der Waals surface area (Å²) in [6.07, 6.45) is 3.46. The van der Waals surface area contributed by atoms with E-state index in [1.165, 1.54) is 0 Å². The van der Waals surface area contributed by atoms with Crippen molar-refractivity contribution >= 4 is 17.8 Å². The number of amides is 4. The van der Waals surface area contributed by atoms with Crippen molar-refractivity contribution in [3.63, 3.8) is 0 Å². The van der Waals surface area contributed by atoms with Crippen molar-refractivity contribution in [3.8, 4) is 0 Å². The normalized spacial score (nSPS) is 37.5. The van der Waals surface area contributed by atoms with Crippen LogP contribution in [0.2, 0.25) is 0 Å². The van der Waals surface area contributed by atoms with Gasteiger partial charge in [-0.15, -0.1) is 0 Å². The predicted molar refractivity (Wildman–Crippen MR) is 76.1 cm³/mol. The fraction of sp³-hybridized carbons (Fsp3) is 0.429. The van der Waals surface area contributed by atoms with E-state index >= 15 is 0 Å². The third-order valence-corrected chi connectivity index (χ3v) is 5.06. The summed E-state index contributed by atoms with van der Waals surface area (Å²) in [4.78, 5) is 33.4. The average Bonchev–Trinajstić information content (AvgIpc) is 2.96. The van der Waals surface area contributed by atoms with Crippen molar-refractivity contribution in [1.29, 1.82) is 0 Å². The molecule has 0 radical (unpaired) electrons. The second-order valence-electron chi connectivity index (χ2n) is 6.08. The van der Waals surface area contributed by atoms with Crippen LogP contribution in [-0.4, -0.2) is 35.0 Å². The van der Waals surface area contributed by atoms with Gasteiger partial charge >= 0.3 is 12.1 Å². The van der Waals surface area contributed by atoms with Gasteiger partial charge < -0.3 is 21.3 Å². The molecule has 8 nitrogen and oxygen atoms in total. The van der Waals surface area contributed by atoms with Crippen molar-refractivity contribution in [3.05, 3.63) is 29.6 Å². The number of carbonyl (C=O) groups is 2. The number of nitrogens with one attached hydrogen (secondary N) is 4. The number of aliphatic imine (C=N–C) groups is 1. The monoisotopic (exact) mass is 298 g/mol. The number of fused-ring (bicyclic) bond motifs is 3. The molecule has 0 aromatic carbocycles. The molecule has 4 amide bonds. The first-order chi connectivity index (χ1) is 10.7. The molecule has 1 aromatic heterocycles. The number of nitrogens with zero attached hydrogens (tertiary/aromatic N) is 2. The number of hydrogen-bond acceptors (Lipinski definition) is 4. The molecule has 2 saturated heterocycles. The van der Waals surface area contributed by atoms with Gasteiger partial charge in [-0.25, -0.2) is 9.59 Å². The Morgan fingerprint density at radius 2 is 1.91 bits per heavy atom. The minimum absolute atomic E-state index is 0.110. The van der Waals surface area contributed by atoms with Gasteiger partial charge in [-0.3, -0.25) is 9.98 Å². The summed E-state index contributed by atoms with van der Waals surface area (Å²) >= 11 is 0. The van der Waals surface area contributed by atoms with Crippen LogP contribution in [0, 0.1) is 5.92 Å². The topological polar surface area (TPSA) is 108 Å². The Hall–Kier alpha value is -2.64. The Morgan fingerprint density at radius 3 is 2.68 bits per heavy atom. The van der Waals surface area contributed by atoms with Gasteiger partial charge in [0.2, 0.25) is 0 Å². The van der Waals surface area contributed by atoms with E-state index in [4.69, 9.17) is 0 Å². The smallest absolute Gasteiger partial charge is 0.310 e. The molecule has 112 valence electrons. The number of urea groups is 2. The maximum Gasteiger partial charge on any atom is 0.318 e. The predicted octanol–water partition coefficient (Wildman–Crippen LogP) is -0.231. The zero-order valence-electron chi connectivity index (χ0n) is 11.6. The second kappa shape index (κ2) is 3.57. The van der Waals surface area contributed by atoms with E-state index < -0.39 is 11.3 Å². The Balaban J connectivity index is 1.87. The van der Waals surface area contributed by atoms with Crippen LogP contribution >= 0.6 is 0 Å². The maximum atomic E-state index is 12.1. The average molecular weight is 298 g/mol. The van der Waals surface area contributed by atoms with Gasteiger partial charge in [0.15, 0.2) is 11.3 Å². The zero-order chi connectivity index (χ0) is 14.9. The maximum absolute atomic E-state index is 12.1. The first-order valence-electron chi connectivity index (χ1n) is 7.37. The van der Waals surface area contributed by atoms with Crippen LogP contribution in [0.25, 0.3) is 0 Å². The molecule has 5 rings (SSSR count). The first kappa shape index (κ1) is 12.0. The summed E-state index contributed by atoms with van der Waals surface area (Å²) in [5.74, 6) is -0.110. The summed E-state index contributed by atoms with van der Waals surface area (Å²) in [5.41, 5.74) is 0.437. The molecule has 0 bridgehead atoms. The fourth-order valence-electron chi connectivity index (χ4n) is 4.31. The molecule has 3 aliphatic heterocycles. The number of aromatic nitrogens is 1. The van der Waals surface area contributed by atoms with Gasteiger partial charge in [-0.2, -0.15) is 0 Å². The number of rotatable bonds is 0. The molecule has 8 heteroatoms. The van der Waals surface area contributed by atoms with Crippen LogP contribution in [0.3, 0.4) is 0 Å². The van der Waals surface area contributed by atoms with Crippen LogP contribution in [0.15, 0.2) is 23.3 Å². The lowest BCUT2D eigenvalue weighted by atomic mass is 9.67. The van der Waals surface area contributed by atoms with Crippen molar-refractivity contribution < 1.29 is 9.59 Å². The van der Waals surface area contributed by atoms with Crippen molar-refractivity contribution in [2.45, 2.75) is 24.2 Å². The molecular weight excluding hydrogens is 284 g/mol. The van der Waals surface area contributed by atoms with E-state index in [0.717, 1.165) is 36.4 Å². The van der Waals surface area contributed by atoms with E-state index in [1.54, 1.807) is 12.3 Å². The van der Waals surface area contributed by atoms with Gasteiger partial charge in [0, 0.05) is 24.2 Å². The van der Waals surface area contributed by atoms with Crippen molar-refractivity contribution in [2.24, 2.45) is 10.9 Å². The summed E-state index contributed by atoms with van der Waals surface area (Å²) in [7, 11) is 0. The third kappa shape index (κ3) is 1.12. The summed E-state index contributed by atoms with van der Waals surface area (Å²) < 4.78 is 0. The van der Waals surface area contributed by atoms with Crippen molar-refractivity contribution in [2.75, 3.05) is 6.54 Å². The van der Waals surface area contributed by atoms with Crippen LogP contribution < -0.4 is 21.3 Å². The van der Waals surface area contributed by atoms with Gasteiger partial charge in [0.25, 0.3) is 0 Å². The molecule has 4 aliphatic rings. The van der Waals surface area contributed by atoms with Crippen LogP contribution in [0.5, 0.6) is 0 Å². The molecule has 4 N–H and O–H groups in total. The quantitative estimate of drug-likeness (QED) is 0.531. The highest BCUT2D eigenvalue weighted by Crippen LogP contribution is 2.49. The summed E-state index contributed by atoms with van der Waals surface area (Å²) in [5, 5.41) is 11.7. The van der Waals surface area contributed by atoms with Crippen LogP contribution in [-0.2, 0) is 5.66 Å². The number of pyridine rings is 1. The zero-order valence-corrected chi connectivity index (χ0v) is 11.6. The standard InChI is InChI=1S/C14H14N6O2/c21-11-17-13-7-3-1-5-15-9(7)10-8(4-2-6-16-10)14(13,19-11)20-12(22)18-13/h1,3,5,8H,2,4,6H2,(H2,17,19,21)(H2,18,20,22). The molecule has 4 heterocycles. The second-order valence-corrected chi connectivity index (χ2v) is 6.08. The molecule has 2 fully saturated rings. The van der Waals surface area contributed by atoms with Gasteiger partial charge in [-0.05, 0) is 18.9 Å². The summed E-state index contributed by atoms with van der Waals surface area (Å²) in [6, 6.07) is 3.06. The molecule has 0 spiro atoms. The highest BCUT2D eigenvalue weighted by atomic mass is 16.2.